The van der Waals surface area contributed by atoms with Gasteiger partial charge in [-0.25, -0.2) is 9.07 Å². The number of anilines is 2. The summed E-state index contributed by atoms with van der Waals surface area (Å²) in [5.74, 6) is -1.17. The first-order valence-corrected chi connectivity index (χ1v) is 10.2. The smallest absolute Gasteiger partial charge is 0.278 e. The van der Waals surface area contributed by atoms with Crippen LogP contribution in [-0.4, -0.2) is 38.3 Å². The third-order valence-electron chi connectivity index (χ3n) is 5.57. The van der Waals surface area contributed by atoms with Crippen LogP contribution in [0.2, 0.25) is 0 Å². The van der Waals surface area contributed by atoms with Crippen LogP contribution in [0.4, 0.5) is 15.8 Å². The molecule has 2 aromatic heterocycles. The summed E-state index contributed by atoms with van der Waals surface area (Å²) in [7, 11) is 0. The minimum Gasteiger partial charge on any atom is -0.320 e. The number of rotatable bonds is 4. The topological polar surface area (TPSA) is 93.0 Å². The highest BCUT2D eigenvalue weighted by Crippen LogP contribution is 2.27. The SMILES string of the molecule is Cc1c(C(=O)Nc2ccc(N3CCCC3=O)c(F)c2)nnn1-c1cccc2cnccc12. The van der Waals surface area contributed by atoms with Crippen molar-refractivity contribution in [3.05, 3.63) is 72.1 Å². The molecule has 1 saturated heterocycles. The number of fused-ring (bicyclic) bond motifs is 1. The largest absolute Gasteiger partial charge is 0.320 e. The Labute approximate surface area is 182 Å². The van der Waals surface area contributed by atoms with E-state index in [-0.39, 0.29) is 23.0 Å². The second-order valence-corrected chi connectivity index (χ2v) is 7.58. The van der Waals surface area contributed by atoms with E-state index >= 15 is 0 Å². The zero-order valence-electron chi connectivity index (χ0n) is 17.2. The number of halogens is 1. The van der Waals surface area contributed by atoms with Crippen LogP contribution in [-0.2, 0) is 4.79 Å². The third kappa shape index (κ3) is 3.37. The lowest BCUT2D eigenvalue weighted by atomic mass is 10.1. The fourth-order valence-electron chi connectivity index (χ4n) is 3.95. The molecule has 0 unspecified atom stereocenters. The Balaban J connectivity index is 1.41. The van der Waals surface area contributed by atoms with Crippen molar-refractivity contribution in [1.29, 1.82) is 0 Å². The lowest BCUT2D eigenvalue weighted by Gasteiger charge is -2.17. The Morgan fingerprint density at radius 3 is 2.81 bits per heavy atom. The highest BCUT2D eigenvalue weighted by atomic mass is 19.1. The van der Waals surface area contributed by atoms with Crippen molar-refractivity contribution in [3.8, 4) is 5.69 Å². The molecule has 1 N–H and O–H groups in total. The van der Waals surface area contributed by atoms with E-state index in [4.69, 9.17) is 0 Å². The van der Waals surface area contributed by atoms with Crippen molar-refractivity contribution in [2.45, 2.75) is 19.8 Å². The van der Waals surface area contributed by atoms with Crippen LogP contribution in [0.3, 0.4) is 0 Å². The number of hydrogen-bond donors (Lipinski definition) is 1. The van der Waals surface area contributed by atoms with E-state index in [1.54, 1.807) is 30.1 Å². The predicted molar refractivity (Wildman–Crippen MR) is 117 cm³/mol. The number of nitrogens with zero attached hydrogens (tertiary/aromatic N) is 5. The highest BCUT2D eigenvalue weighted by Gasteiger charge is 2.25. The van der Waals surface area contributed by atoms with Crippen molar-refractivity contribution < 1.29 is 14.0 Å². The Bertz CT molecular complexity index is 1360. The molecule has 1 aliphatic heterocycles. The van der Waals surface area contributed by atoms with Gasteiger partial charge in [0.2, 0.25) is 5.91 Å². The molecule has 0 aliphatic carbocycles. The number of aromatic nitrogens is 4. The van der Waals surface area contributed by atoms with Gasteiger partial charge in [0.25, 0.3) is 5.91 Å². The number of pyridine rings is 1. The summed E-state index contributed by atoms with van der Waals surface area (Å²) in [5.41, 5.74) is 1.95. The molecule has 0 radical (unpaired) electrons. The summed E-state index contributed by atoms with van der Waals surface area (Å²) in [5, 5.41) is 12.7. The average Bonchev–Trinajstić information content (AvgIpc) is 3.39. The van der Waals surface area contributed by atoms with Gasteiger partial charge in [-0.1, -0.05) is 17.3 Å². The summed E-state index contributed by atoms with van der Waals surface area (Å²) >= 11 is 0. The summed E-state index contributed by atoms with van der Waals surface area (Å²) < 4.78 is 16.2. The zero-order valence-corrected chi connectivity index (χ0v) is 17.2. The molecule has 32 heavy (non-hydrogen) atoms. The standard InChI is InChI=1S/C23H19FN6O2/c1-14-22(27-28-30(14)19-5-2-4-15-13-25-10-9-17(15)19)23(32)26-16-7-8-20(18(24)12-16)29-11-3-6-21(29)31/h2,4-5,7-10,12-13H,3,6,11H2,1H3,(H,26,32). The fourth-order valence-corrected chi connectivity index (χ4v) is 3.95. The Morgan fingerprint density at radius 2 is 2.03 bits per heavy atom. The number of amides is 2. The Morgan fingerprint density at radius 1 is 1.16 bits per heavy atom. The fraction of sp³-hybridized carbons (Fsp3) is 0.174. The van der Waals surface area contributed by atoms with E-state index in [1.807, 2.05) is 24.3 Å². The van der Waals surface area contributed by atoms with Crippen molar-refractivity contribution >= 4 is 34.0 Å². The number of nitrogens with one attached hydrogen (secondary N) is 1. The van der Waals surface area contributed by atoms with Gasteiger partial charge in [-0.05, 0) is 43.7 Å². The van der Waals surface area contributed by atoms with Crippen LogP contribution in [0.15, 0.2) is 54.9 Å². The maximum Gasteiger partial charge on any atom is 0.278 e. The normalized spacial score (nSPS) is 13.7. The van der Waals surface area contributed by atoms with Gasteiger partial charge in [-0.3, -0.25) is 14.6 Å². The molecule has 1 fully saturated rings. The number of carbonyl (C=O) groups is 2. The van der Waals surface area contributed by atoms with Gasteiger partial charge in [0.1, 0.15) is 5.82 Å². The molecule has 8 nitrogen and oxygen atoms in total. The molecule has 160 valence electrons. The van der Waals surface area contributed by atoms with E-state index in [0.717, 1.165) is 16.5 Å². The number of hydrogen-bond acceptors (Lipinski definition) is 5. The molecule has 0 atom stereocenters. The zero-order chi connectivity index (χ0) is 22.2. The lowest BCUT2D eigenvalue weighted by molar-refractivity contribution is -0.117. The molecule has 0 spiro atoms. The van der Waals surface area contributed by atoms with Gasteiger partial charge in [0, 0.05) is 41.8 Å². The van der Waals surface area contributed by atoms with Gasteiger partial charge in [0.05, 0.1) is 17.1 Å². The molecule has 0 saturated carbocycles. The molecule has 5 rings (SSSR count). The van der Waals surface area contributed by atoms with Crippen LogP contribution < -0.4 is 10.2 Å². The van der Waals surface area contributed by atoms with E-state index in [9.17, 15) is 14.0 Å². The summed E-state index contributed by atoms with van der Waals surface area (Å²) in [6.45, 7) is 2.24. The second-order valence-electron chi connectivity index (χ2n) is 7.58. The van der Waals surface area contributed by atoms with E-state index in [0.29, 0.717) is 25.1 Å². The highest BCUT2D eigenvalue weighted by molar-refractivity contribution is 6.04. The number of benzene rings is 2. The van der Waals surface area contributed by atoms with Crippen LogP contribution in [0, 0.1) is 12.7 Å². The molecular weight excluding hydrogens is 411 g/mol. The maximum absolute atomic E-state index is 14.6. The molecule has 1 aliphatic rings. The Kier molecular flexibility index (Phi) is 4.85. The van der Waals surface area contributed by atoms with Crippen LogP contribution in [0.1, 0.15) is 29.0 Å². The van der Waals surface area contributed by atoms with E-state index in [2.05, 4.69) is 20.6 Å². The van der Waals surface area contributed by atoms with Gasteiger partial charge < -0.3 is 10.2 Å². The van der Waals surface area contributed by atoms with Crippen molar-refractivity contribution in [2.24, 2.45) is 0 Å². The van der Waals surface area contributed by atoms with Crippen molar-refractivity contribution in [2.75, 3.05) is 16.8 Å². The molecule has 3 heterocycles. The summed E-state index contributed by atoms with van der Waals surface area (Å²) in [6.07, 6.45) is 4.57. The first-order chi connectivity index (χ1) is 15.5. The van der Waals surface area contributed by atoms with Gasteiger partial charge in [-0.2, -0.15) is 0 Å². The summed E-state index contributed by atoms with van der Waals surface area (Å²) in [4.78, 5) is 30.3. The minimum absolute atomic E-state index is 0.0999. The maximum atomic E-state index is 14.6. The molecule has 2 amide bonds. The van der Waals surface area contributed by atoms with Crippen LogP contribution in [0.5, 0.6) is 0 Å². The minimum atomic E-state index is -0.567. The van der Waals surface area contributed by atoms with E-state index < -0.39 is 11.7 Å². The average molecular weight is 430 g/mol. The lowest BCUT2D eigenvalue weighted by Crippen LogP contribution is -2.24. The third-order valence-corrected chi connectivity index (χ3v) is 5.57. The van der Waals surface area contributed by atoms with Gasteiger partial charge >= 0.3 is 0 Å². The quantitative estimate of drug-likeness (QED) is 0.534. The van der Waals surface area contributed by atoms with Crippen LogP contribution in [0.25, 0.3) is 16.5 Å². The summed E-state index contributed by atoms with van der Waals surface area (Å²) in [6, 6.07) is 11.9. The molecular formula is C23H19FN6O2. The molecule has 0 bridgehead atoms. The van der Waals surface area contributed by atoms with E-state index in [1.165, 1.54) is 17.0 Å². The van der Waals surface area contributed by atoms with Gasteiger partial charge in [0.15, 0.2) is 5.69 Å². The molecule has 4 aromatic rings. The van der Waals surface area contributed by atoms with Crippen molar-refractivity contribution in [1.82, 2.24) is 20.0 Å². The van der Waals surface area contributed by atoms with Crippen molar-refractivity contribution in [3.63, 3.8) is 0 Å². The molecule has 9 heteroatoms. The van der Waals surface area contributed by atoms with Gasteiger partial charge in [-0.15, -0.1) is 5.10 Å². The Hall–Kier alpha value is -4.14. The first-order valence-electron chi connectivity index (χ1n) is 10.2. The number of carbonyl (C=O) groups excluding carboxylic acids is 2. The predicted octanol–water partition coefficient (Wildman–Crippen LogP) is 3.64. The van der Waals surface area contributed by atoms with Crippen LogP contribution >= 0.6 is 0 Å². The monoisotopic (exact) mass is 430 g/mol. The molecule has 2 aromatic carbocycles. The first kappa shape index (κ1) is 19.8. The second kappa shape index (κ2) is 7.84.